The van der Waals surface area contributed by atoms with Gasteiger partial charge in [-0.1, -0.05) is 6.07 Å². The minimum atomic E-state index is -0.552. The maximum atomic E-state index is 12.6. The number of hydrogen-bond acceptors (Lipinski definition) is 5. The summed E-state index contributed by atoms with van der Waals surface area (Å²) in [7, 11) is 1.29. The fourth-order valence-corrected chi connectivity index (χ4v) is 3.21. The molecule has 3 rings (SSSR count). The summed E-state index contributed by atoms with van der Waals surface area (Å²) >= 11 is 0. The fourth-order valence-electron chi connectivity index (χ4n) is 3.21. The standard InChI is InChI=1S/C18H20N2O4/c1-11-8-12(2)13-6-7-20(14(13)9-11)16(21)5-4-15-17(18(22)23-3)19-10-24-15/h8-10H,4-7H2,1-3H3. The first kappa shape index (κ1) is 16.2. The van der Waals surface area contributed by atoms with Crippen LogP contribution in [-0.4, -0.2) is 30.5 Å². The van der Waals surface area contributed by atoms with Crippen molar-refractivity contribution >= 4 is 17.6 Å². The zero-order chi connectivity index (χ0) is 17.3. The quantitative estimate of drug-likeness (QED) is 0.807. The third kappa shape index (κ3) is 2.91. The van der Waals surface area contributed by atoms with Crippen LogP contribution in [0.4, 0.5) is 5.69 Å². The van der Waals surface area contributed by atoms with E-state index in [1.165, 1.54) is 24.6 Å². The molecule has 0 radical (unpaired) electrons. The monoisotopic (exact) mass is 328 g/mol. The molecule has 0 bridgehead atoms. The number of carbonyl (C=O) groups is 2. The zero-order valence-electron chi connectivity index (χ0n) is 14.1. The summed E-state index contributed by atoms with van der Waals surface area (Å²) in [5, 5.41) is 0. The molecular weight excluding hydrogens is 308 g/mol. The highest BCUT2D eigenvalue weighted by atomic mass is 16.5. The lowest BCUT2D eigenvalue weighted by Gasteiger charge is -2.18. The molecule has 0 unspecified atom stereocenters. The molecule has 1 amide bonds. The van der Waals surface area contributed by atoms with Crippen LogP contribution in [0.3, 0.4) is 0 Å². The maximum absolute atomic E-state index is 12.6. The Bertz CT molecular complexity index is 794. The summed E-state index contributed by atoms with van der Waals surface area (Å²) in [6.45, 7) is 4.81. The molecule has 0 spiro atoms. The van der Waals surface area contributed by atoms with Crippen LogP contribution in [0.25, 0.3) is 0 Å². The number of aryl methyl sites for hydroxylation is 3. The Hall–Kier alpha value is -2.63. The van der Waals surface area contributed by atoms with Gasteiger partial charge in [-0.2, -0.15) is 0 Å². The normalized spacial score (nSPS) is 13.0. The second-order valence-electron chi connectivity index (χ2n) is 5.99. The molecule has 0 N–H and O–H groups in total. The van der Waals surface area contributed by atoms with Crippen LogP contribution in [-0.2, 0) is 22.4 Å². The van der Waals surface area contributed by atoms with Crippen LogP contribution in [0.5, 0.6) is 0 Å². The van der Waals surface area contributed by atoms with Crippen LogP contribution in [0.2, 0.25) is 0 Å². The number of anilines is 1. The summed E-state index contributed by atoms with van der Waals surface area (Å²) < 4.78 is 9.88. The van der Waals surface area contributed by atoms with Crippen LogP contribution < -0.4 is 4.90 Å². The largest absolute Gasteiger partial charge is 0.464 e. The summed E-state index contributed by atoms with van der Waals surface area (Å²) in [5.41, 5.74) is 4.75. The Morgan fingerprint density at radius 1 is 1.33 bits per heavy atom. The number of ether oxygens (including phenoxy) is 1. The molecule has 6 nitrogen and oxygen atoms in total. The van der Waals surface area contributed by atoms with Crippen molar-refractivity contribution in [2.75, 3.05) is 18.6 Å². The third-order valence-corrected chi connectivity index (χ3v) is 4.36. The van der Waals surface area contributed by atoms with Gasteiger partial charge in [0.25, 0.3) is 0 Å². The molecule has 0 saturated carbocycles. The van der Waals surface area contributed by atoms with Crippen molar-refractivity contribution in [1.82, 2.24) is 4.98 Å². The van der Waals surface area contributed by atoms with E-state index in [0.717, 1.165) is 17.7 Å². The van der Waals surface area contributed by atoms with E-state index in [9.17, 15) is 9.59 Å². The molecule has 1 aromatic carbocycles. The number of carbonyl (C=O) groups excluding carboxylic acids is 2. The van der Waals surface area contributed by atoms with Gasteiger partial charge in [-0.05, 0) is 43.0 Å². The van der Waals surface area contributed by atoms with E-state index in [4.69, 9.17) is 4.42 Å². The first-order chi connectivity index (χ1) is 11.5. The number of esters is 1. The van der Waals surface area contributed by atoms with Gasteiger partial charge in [-0.25, -0.2) is 9.78 Å². The van der Waals surface area contributed by atoms with Crippen molar-refractivity contribution < 1.29 is 18.7 Å². The van der Waals surface area contributed by atoms with Crippen molar-refractivity contribution in [2.24, 2.45) is 0 Å². The summed E-state index contributed by atoms with van der Waals surface area (Å²) in [6, 6.07) is 4.20. The zero-order valence-corrected chi connectivity index (χ0v) is 14.1. The van der Waals surface area contributed by atoms with Gasteiger partial charge in [0.15, 0.2) is 12.1 Å². The first-order valence-corrected chi connectivity index (χ1v) is 7.92. The summed E-state index contributed by atoms with van der Waals surface area (Å²) in [6.07, 6.45) is 2.65. The van der Waals surface area contributed by atoms with E-state index in [0.29, 0.717) is 18.7 Å². The number of nitrogens with zero attached hydrogens (tertiary/aromatic N) is 2. The third-order valence-electron chi connectivity index (χ3n) is 4.36. The van der Waals surface area contributed by atoms with Crippen LogP contribution in [0.15, 0.2) is 22.9 Å². The summed E-state index contributed by atoms with van der Waals surface area (Å²) in [4.78, 5) is 29.9. The van der Waals surface area contributed by atoms with E-state index >= 15 is 0 Å². The molecule has 0 saturated heterocycles. The van der Waals surface area contributed by atoms with E-state index < -0.39 is 5.97 Å². The average Bonchev–Trinajstić information content (AvgIpc) is 3.18. The molecule has 1 aliphatic rings. The molecule has 2 heterocycles. The topological polar surface area (TPSA) is 72.6 Å². The summed E-state index contributed by atoms with van der Waals surface area (Å²) in [5.74, 6) is -0.148. The number of hydrogen-bond donors (Lipinski definition) is 0. The predicted octanol–water partition coefficient (Wildman–Crippen LogP) is 2.60. The van der Waals surface area contributed by atoms with E-state index in [2.05, 4.69) is 28.8 Å². The van der Waals surface area contributed by atoms with Crippen molar-refractivity contribution in [3.05, 3.63) is 46.7 Å². The highest BCUT2D eigenvalue weighted by molar-refractivity contribution is 5.96. The molecule has 6 heteroatoms. The number of amides is 1. The lowest BCUT2D eigenvalue weighted by atomic mass is 10.0. The first-order valence-electron chi connectivity index (χ1n) is 7.92. The number of methoxy groups -OCH3 is 1. The highest BCUT2D eigenvalue weighted by Crippen LogP contribution is 2.32. The van der Waals surface area contributed by atoms with Gasteiger partial charge in [-0.15, -0.1) is 0 Å². The molecule has 0 aliphatic carbocycles. The van der Waals surface area contributed by atoms with Gasteiger partial charge in [0.1, 0.15) is 5.76 Å². The van der Waals surface area contributed by atoms with Crippen molar-refractivity contribution in [3.63, 3.8) is 0 Å². The Labute approximate surface area is 140 Å². The molecule has 0 fully saturated rings. The number of fused-ring (bicyclic) bond motifs is 1. The Kier molecular flexibility index (Phi) is 4.38. The molecule has 1 aliphatic heterocycles. The van der Waals surface area contributed by atoms with Crippen molar-refractivity contribution in [1.29, 1.82) is 0 Å². The molecule has 2 aromatic rings. The van der Waals surface area contributed by atoms with Gasteiger partial charge in [0, 0.05) is 25.1 Å². The second kappa shape index (κ2) is 6.47. The lowest BCUT2D eigenvalue weighted by molar-refractivity contribution is -0.118. The van der Waals surface area contributed by atoms with Gasteiger partial charge in [0.2, 0.25) is 5.91 Å². The predicted molar refractivity (Wildman–Crippen MR) is 88.1 cm³/mol. The maximum Gasteiger partial charge on any atom is 0.360 e. The molecule has 1 aromatic heterocycles. The van der Waals surface area contributed by atoms with Crippen LogP contribution in [0, 0.1) is 13.8 Å². The average molecular weight is 328 g/mol. The second-order valence-corrected chi connectivity index (χ2v) is 5.99. The fraction of sp³-hybridized carbons (Fsp3) is 0.389. The van der Waals surface area contributed by atoms with Crippen molar-refractivity contribution in [2.45, 2.75) is 33.1 Å². The molecular formula is C18H20N2O4. The molecule has 24 heavy (non-hydrogen) atoms. The minimum Gasteiger partial charge on any atom is -0.464 e. The van der Waals surface area contributed by atoms with Gasteiger partial charge < -0.3 is 14.1 Å². The smallest absolute Gasteiger partial charge is 0.360 e. The van der Waals surface area contributed by atoms with Crippen LogP contribution >= 0.6 is 0 Å². The number of oxazole rings is 1. The highest BCUT2D eigenvalue weighted by Gasteiger charge is 2.27. The Morgan fingerprint density at radius 3 is 2.88 bits per heavy atom. The van der Waals surface area contributed by atoms with Gasteiger partial charge in [-0.3, -0.25) is 4.79 Å². The van der Waals surface area contributed by atoms with Gasteiger partial charge in [0.05, 0.1) is 7.11 Å². The van der Waals surface area contributed by atoms with Gasteiger partial charge >= 0.3 is 5.97 Å². The SMILES string of the molecule is COC(=O)c1ncoc1CCC(=O)N1CCc2c(C)cc(C)cc21. The Balaban J connectivity index is 1.72. The number of benzene rings is 1. The Morgan fingerprint density at radius 2 is 2.12 bits per heavy atom. The molecule has 0 atom stereocenters. The van der Waals surface area contributed by atoms with E-state index in [1.54, 1.807) is 0 Å². The van der Waals surface area contributed by atoms with E-state index in [-0.39, 0.29) is 18.0 Å². The van der Waals surface area contributed by atoms with E-state index in [1.807, 2.05) is 11.8 Å². The number of rotatable bonds is 4. The molecule has 126 valence electrons. The lowest BCUT2D eigenvalue weighted by Crippen LogP contribution is -2.29. The van der Waals surface area contributed by atoms with Crippen molar-refractivity contribution in [3.8, 4) is 0 Å². The minimum absolute atomic E-state index is 0.0194. The number of aromatic nitrogens is 1. The van der Waals surface area contributed by atoms with Crippen LogP contribution in [0.1, 0.15) is 39.4 Å².